The van der Waals surface area contributed by atoms with E-state index in [1.165, 1.54) is 13.2 Å². The molecule has 0 aliphatic rings. The first-order chi connectivity index (χ1) is 6.73. The minimum atomic E-state index is -4.58. The second-order valence-electron chi connectivity index (χ2n) is 3.76. The Morgan fingerprint density at radius 3 is 2.27 bits per heavy atom. The number of rotatable bonds is 1. The van der Waals surface area contributed by atoms with E-state index in [9.17, 15) is 18.0 Å². The van der Waals surface area contributed by atoms with Crippen molar-refractivity contribution < 1.29 is 13.2 Å². The van der Waals surface area contributed by atoms with Crippen molar-refractivity contribution in [3.05, 3.63) is 33.7 Å². The van der Waals surface area contributed by atoms with Gasteiger partial charge in [-0.2, -0.15) is 13.2 Å². The topological polar surface area (TPSA) is 22.0 Å². The summed E-state index contributed by atoms with van der Waals surface area (Å²) in [5, 5.41) is 0. The summed E-state index contributed by atoms with van der Waals surface area (Å²) in [4.78, 5) is 11.2. The van der Waals surface area contributed by atoms with E-state index >= 15 is 0 Å². The van der Waals surface area contributed by atoms with E-state index in [1.54, 1.807) is 13.8 Å². The van der Waals surface area contributed by atoms with Gasteiger partial charge in [-0.25, -0.2) is 0 Å². The Bertz CT molecular complexity index is 418. The van der Waals surface area contributed by atoms with Crippen LogP contribution in [-0.4, -0.2) is 4.57 Å². The molecule has 0 unspecified atom stereocenters. The maximum Gasteiger partial charge on any atom is 0.421 e. The van der Waals surface area contributed by atoms with E-state index in [4.69, 9.17) is 0 Å². The molecule has 0 radical (unpaired) electrons. The van der Waals surface area contributed by atoms with Crippen LogP contribution < -0.4 is 5.56 Å². The van der Waals surface area contributed by atoms with Gasteiger partial charge in [-0.1, -0.05) is 13.8 Å². The molecule has 0 aliphatic carbocycles. The molecule has 0 saturated heterocycles. The van der Waals surface area contributed by atoms with E-state index in [-0.39, 0.29) is 5.92 Å². The Morgan fingerprint density at radius 2 is 1.87 bits per heavy atom. The summed E-state index contributed by atoms with van der Waals surface area (Å²) in [6.45, 7) is 3.56. The van der Waals surface area contributed by atoms with Gasteiger partial charge in [-0.3, -0.25) is 4.79 Å². The molecule has 0 fully saturated rings. The van der Waals surface area contributed by atoms with Crippen molar-refractivity contribution in [2.24, 2.45) is 7.05 Å². The molecule has 15 heavy (non-hydrogen) atoms. The third-order valence-electron chi connectivity index (χ3n) is 2.18. The molecular weight excluding hydrogens is 207 g/mol. The van der Waals surface area contributed by atoms with Gasteiger partial charge in [0.1, 0.15) is 5.56 Å². The Balaban J connectivity index is 3.46. The first-order valence-electron chi connectivity index (χ1n) is 4.51. The van der Waals surface area contributed by atoms with Gasteiger partial charge in [0.2, 0.25) is 0 Å². The Kier molecular flexibility index (Phi) is 2.93. The standard InChI is InChI=1S/C10H12F3NO/c1-6(2)7-4-8(10(11,12)13)9(15)14(3)5-7/h4-6H,1-3H3. The maximum absolute atomic E-state index is 12.5. The molecule has 2 nitrogen and oxygen atoms in total. The summed E-state index contributed by atoms with van der Waals surface area (Å²) in [6.07, 6.45) is -3.15. The van der Waals surface area contributed by atoms with Crippen LogP contribution in [0.15, 0.2) is 17.1 Å². The van der Waals surface area contributed by atoms with Crippen molar-refractivity contribution in [3.8, 4) is 0 Å². The van der Waals surface area contributed by atoms with Crippen LogP contribution in [0.25, 0.3) is 0 Å². The molecule has 0 bridgehead atoms. The van der Waals surface area contributed by atoms with Crippen LogP contribution in [0.4, 0.5) is 13.2 Å². The third kappa shape index (κ3) is 2.40. The van der Waals surface area contributed by atoms with E-state index < -0.39 is 17.3 Å². The molecule has 0 aliphatic heterocycles. The van der Waals surface area contributed by atoms with Gasteiger partial charge >= 0.3 is 6.18 Å². The highest BCUT2D eigenvalue weighted by molar-refractivity contribution is 5.23. The molecule has 84 valence electrons. The minimum absolute atomic E-state index is 0.0436. The lowest BCUT2D eigenvalue weighted by molar-refractivity contribution is -0.139. The van der Waals surface area contributed by atoms with Crippen molar-refractivity contribution in [1.29, 1.82) is 0 Å². The molecule has 0 saturated carbocycles. The summed E-state index contributed by atoms with van der Waals surface area (Å²) in [5.74, 6) is -0.0436. The molecule has 0 N–H and O–H groups in total. The van der Waals surface area contributed by atoms with Gasteiger partial charge in [-0.15, -0.1) is 0 Å². The van der Waals surface area contributed by atoms with E-state index in [0.717, 1.165) is 10.6 Å². The van der Waals surface area contributed by atoms with Crippen LogP contribution in [0, 0.1) is 0 Å². The molecule has 1 rings (SSSR count). The maximum atomic E-state index is 12.5. The zero-order chi connectivity index (χ0) is 11.8. The van der Waals surface area contributed by atoms with Gasteiger partial charge < -0.3 is 4.57 Å². The molecule has 1 heterocycles. The number of alkyl halides is 3. The fourth-order valence-electron chi connectivity index (χ4n) is 1.26. The predicted molar refractivity (Wildman–Crippen MR) is 50.8 cm³/mol. The van der Waals surface area contributed by atoms with Gasteiger partial charge in [0.15, 0.2) is 0 Å². The summed E-state index contributed by atoms with van der Waals surface area (Å²) in [5.41, 5.74) is -1.60. The second kappa shape index (κ2) is 3.72. The molecule has 1 aromatic heterocycles. The molecular formula is C10H12F3NO. The molecule has 5 heteroatoms. The van der Waals surface area contributed by atoms with E-state index in [1.807, 2.05) is 0 Å². The smallest absolute Gasteiger partial charge is 0.318 e. The Hall–Kier alpha value is -1.26. The molecule has 0 amide bonds. The average molecular weight is 219 g/mol. The van der Waals surface area contributed by atoms with Crippen molar-refractivity contribution in [1.82, 2.24) is 4.57 Å². The van der Waals surface area contributed by atoms with Gasteiger partial charge in [0.25, 0.3) is 5.56 Å². The van der Waals surface area contributed by atoms with E-state index in [2.05, 4.69) is 0 Å². The highest BCUT2D eigenvalue weighted by Crippen LogP contribution is 2.28. The Labute approximate surface area is 85.3 Å². The molecule has 0 aromatic carbocycles. The number of aryl methyl sites for hydroxylation is 1. The zero-order valence-electron chi connectivity index (χ0n) is 8.72. The van der Waals surface area contributed by atoms with Crippen LogP contribution >= 0.6 is 0 Å². The minimum Gasteiger partial charge on any atom is -0.318 e. The second-order valence-corrected chi connectivity index (χ2v) is 3.76. The quantitative estimate of drug-likeness (QED) is 0.711. The van der Waals surface area contributed by atoms with Crippen LogP contribution in [0.5, 0.6) is 0 Å². The predicted octanol–water partition coefficient (Wildman–Crippen LogP) is 2.53. The number of aromatic nitrogens is 1. The van der Waals surface area contributed by atoms with Crippen molar-refractivity contribution in [3.63, 3.8) is 0 Å². The normalized spacial score (nSPS) is 12.2. The van der Waals surface area contributed by atoms with Crippen LogP contribution in [0.2, 0.25) is 0 Å². The van der Waals surface area contributed by atoms with Gasteiger partial charge in [0.05, 0.1) is 0 Å². The SMILES string of the molecule is CC(C)c1cc(C(F)(F)F)c(=O)n(C)c1. The summed E-state index contributed by atoms with van der Waals surface area (Å²) in [6, 6.07) is 0.924. The number of nitrogens with zero attached hydrogens (tertiary/aromatic N) is 1. The zero-order valence-corrected chi connectivity index (χ0v) is 8.72. The number of pyridine rings is 1. The lowest BCUT2D eigenvalue weighted by atomic mass is 10.0. The van der Waals surface area contributed by atoms with Crippen molar-refractivity contribution in [2.75, 3.05) is 0 Å². The monoisotopic (exact) mass is 219 g/mol. The number of halogens is 3. The van der Waals surface area contributed by atoms with Crippen LogP contribution in [0.3, 0.4) is 0 Å². The molecule has 0 atom stereocenters. The summed E-state index contributed by atoms with van der Waals surface area (Å²) < 4.78 is 38.3. The lowest BCUT2D eigenvalue weighted by Crippen LogP contribution is -2.27. The Morgan fingerprint density at radius 1 is 1.33 bits per heavy atom. The van der Waals surface area contributed by atoms with Crippen LogP contribution in [-0.2, 0) is 13.2 Å². The van der Waals surface area contributed by atoms with Crippen molar-refractivity contribution in [2.45, 2.75) is 25.9 Å². The molecule has 0 spiro atoms. The highest BCUT2D eigenvalue weighted by atomic mass is 19.4. The summed E-state index contributed by atoms with van der Waals surface area (Å²) >= 11 is 0. The first kappa shape index (κ1) is 11.8. The van der Waals surface area contributed by atoms with E-state index in [0.29, 0.717) is 5.56 Å². The third-order valence-corrected chi connectivity index (χ3v) is 2.18. The lowest BCUT2D eigenvalue weighted by Gasteiger charge is -2.12. The van der Waals surface area contributed by atoms with Crippen LogP contribution in [0.1, 0.15) is 30.9 Å². The summed E-state index contributed by atoms with van der Waals surface area (Å²) in [7, 11) is 1.32. The fourth-order valence-corrected chi connectivity index (χ4v) is 1.26. The van der Waals surface area contributed by atoms with Gasteiger partial charge in [0, 0.05) is 13.2 Å². The average Bonchev–Trinajstić information content (AvgIpc) is 2.06. The number of hydrogen-bond donors (Lipinski definition) is 0. The largest absolute Gasteiger partial charge is 0.421 e. The highest BCUT2D eigenvalue weighted by Gasteiger charge is 2.34. The first-order valence-corrected chi connectivity index (χ1v) is 4.51. The fraction of sp³-hybridized carbons (Fsp3) is 0.500. The molecule has 1 aromatic rings. The van der Waals surface area contributed by atoms with Crippen molar-refractivity contribution >= 4 is 0 Å². The van der Waals surface area contributed by atoms with Gasteiger partial charge in [-0.05, 0) is 17.5 Å². The number of hydrogen-bond acceptors (Lipinski definition) is 1.